The molecule has 0 aliphatic carbocycles. The van der Waals surface area contributed by atoms with Gasteiger partial charge in [-0.1, -0.05) is 0 Å². The lowest BCUT2D eigenvalue weighted by atomic mass is 10.2. The van der Waals surface area contributed by atoms with E-state index in [1.165, 1.54) is 35.9 Å². The Morgan fingerprint density at radius 3 is 2.95 bits per heavy atom. The topological polar surface area (TPSA) is 98.4 Å². The maximum atomic E-state index is 10.8. The molecular weight excluding hydrogens is 294 g/mol. The summed E-state index contributed by atoms with van der Waals surface area (Å²) in [5, 5.41) is 21.9. The zero-order valence-electron chi connectivity index (χ0n) is 10.6. The summed E-state index contributed by atoms with van der Waals surface area (Å²) in [6.07, 6.45) is 1.39. The van der Waals surface area contributed by atoms with Gasteiger partial charge in [0.05, 0.1) is 22.6 Å². The van der Waals surface area contributed by atoms with E-state index in [4.69, 9.17) is 4.74 Å². The number of aliphatic hydroxyl groups is 1. The molecule has 1 N–H and O–H groups in total. The van der Waals surface area contributed by atoms with Crippen LogP contribution < -0.4 is 4.74 Å². The van der Waals surface area contributed by atoms with Crippen molar-refractivity contribution in [3.63, 3.8) is 0 Å². The molecule has 0 amide bonds. The van der Waals surface area contributed by atoms with Crippen LogP contribution in [0.15, 0.2) is 36.0 Å². The number of aromatic nitrogens is 2. The average molecular weight is 303 g/mol. The summed E-state index contributed by atoms with van der Waals surface area (Å²) >= 11 is 1.44. The molecule has 106 valence electrons. The molecule has 1 aromatic carbocycles. The Hall–Kier alpha value is -2.58. The third kappa shape index (κ3) is 2.54. The lowest BCUT2D eigenvalue weighted by molar-refractivity contribution is -0.385. The first-order chi connectivity index (χ1) is 10.2. The number of nitro benzene ring substituents is 1. The van der Waals surface area contributed by atoms with Crippen molar-refractivity contribution in [2.24, 2.45) is 0 Å². The fourth-order valence-electron chi connectivity index (χ4n) is 1.88. The van der Waals surface area contributed by atoms with Gasteiger partial charge in [0, 0.05) is 6.07 Å². The van der Waals surface area contributed by atoms with Gasteiger partial charge in [0.25, 0.3) is 5.69 Å². The van der Waals surface area contributed by atoms with Crippen molar-refractivity contribution in [3.8, 4) is 11.6 Å². The highest BCUT2D eigenvalue weighted by molar-refractivity contribution is 7.17. The van der Waals surface area contributed by atoms with Crippen LogP contribution in [0.5, 0.6) is 11.6 Å². The Morgan fingerprint density at radius 1 is 1.33 bits per heavy atom. The van der Waals surface area contributed by atoms with Gasteiger partial charge in [-0.2, -0.15) is 0 Å². The molecule has 0 saturated heterocycles. The Labute approximate surface area is 122 Å². The smallest absolute Gasteiger partial charge is 0.275 e. The zero-order chi connectivity index (χ0) is 14.8. The molecule has 0 spiro atoms. The van der Waals surface area contributed by atoms with E-state index in [0.29, 0.717) is 11.6 Å². The first-order valence-electron chi connectivity index (χ1n) is 5.93. The van der Waals surface area contributed by atoms with Gasteiger partial charge in [0.1, 0.15) is 16.8 Å². The fraction of sp³-hybridized carbons (Fsp3) is 0.0769. The van der Waals surface area contributed by atoms with E-state index < -0.39 is 11.5 Å². The van der Waals surface area contributed by atoms with Crippen LogP contribution in [0.3, 0.4) is 0 Å². The van der Waals surface area contributed by atoms with Gasteiger partial charge in [-0.15, -0.1) is 11.3 Å². The summed E-state index contributed by atoms with van der Waals surface area (Å²) in [5.74, 6) is 0.755. The van der Waals surface area contributed by atoms with Crippen LogP contribution in [0.25, 0.3) is 10.2 Å². The maximum absolute atomic E-state index is 10.8. The molecule has 0 bridgehead atoms. The van der Waals surface area contributed by atoms with E-state index >= 15 is 0 Å². The molecule has 0 fully saturated rings. The molecule has 0 atom stereocenters. The summed E-state index contributed by atoms with van der Waals surface area (Å²) < 4.78 is 6.45. The number of hydrogen-bond donors (Lipinski definition) is 1. The number of aliphatic hydroxyl groups excluding tert-OH is 1. The lowest BCUT2D eigenvalue weighted by Gasteiger charge is -2.07. The summed E-state index contributed by atoms with van der Waals surface area (Å²) in [4.78, 5) is 18.5. The Bertz CT molecular complexity index is 818. The highest BCUT2D eigenvalue weighted by Crippen LogP contribution is 2.32. The Morgan fingerprint density at radius 2 is 2.19 bits per heavy atom. The van der Waals surface area contributed by atoms with E-state index in [9.17, 15) is 15.2 Å². The molecule has 0 aliphatic rings. The third-order valence-corrected chi connectivity index (χ3v) is 3.73. The van der Waals surface area contributed by atoms with Crippen molar-refractivity contribution >= 4 is 27.2 Å². The zero-order valence-corrected chi connectivity index (χ0v) is 11.4. The van der Waals surface area contributed by atoms with Crippen molar-refractivity contribution in [1.82, 2.24) is 9.97 Å². The third-order valence-electron chi connectivity index (χ3n) is 2.84. The van der Waals surface area contributed by atoms with Crippen LogP contribution >= 0.6 is 11.3 Å². The minimum Gasteiger partial charge on any atom is -0.437 e. The maximum Gasteiger partial charge on any atom is 0.275 e. The van der Waals surface area contributed by atoms with Crippen LogP contribution in [0, 0.1) is 10.1 Å². The fourth-order valence-corrected chi connectivity index (χ4v) is 2.65. The number of ether oxygens (including phenoxy) is 1. The number of rotatable bonds is 4. The molecule has 0 radical (unpaired) electrons. The number of nitro groups is 1. The van der Waals surface area contributed by atoms with Gasteiger partial charge < -0.3 is 9.84 Å². The summed E-state index contributed by atoms with van der Waals surface area (Å²) in [5.41, 5.74) is 0.817. The van der Waals surface area contributed by atoms with Crippen molar-refractivity contribution < 1.29 is 14.8 Å². The first kappa shape index (κ1) is 13.4. The van der Waals surface area contributed by atoms with E-state index in [1.54, 1.807) is 0 Å². The predicted octanol–water partition coefficient (Wildman–Crippen LogP) is 2.88. The van der Waals surface area contributed by atoms with Crippen LogP contribution in [-0.4, -0.2) is 20.0 Å². The Balaban J connectivity index is 1.98. The molecule has 0 aliphatic heterocycles. The second-order valence-corrected chi connectivity index (χ2v) is 5.04. The number of fused-ring (bicyclic) bond motifs is 1. The SMILES string of the molecule is O=[N+]([O-])c1ccc(Oc2ncnc3ccsc23)cc1CO. The van der Waals surface area contributed by atoms with Gasteiger partial charge >= 0.3 is 0 Å². The lowest BCUT2D eigenvalue weighted by Crippen LogP contribution is -1.96. The number of hydrogen-bond acceptors (Lipinski definition) is 7. The second-order valence-electron chi connectivity index (χ2n) is 4.12. The van der Waals surface area contributed by atoms with Crippen LogP contribution in [0.1, 0.15) is 5.56 Å². The summed E-state index contributed by atoms with van der Waals surface area (Å²) in [7, 11) is 0. The van der Waals surface area contributed by atoms with E-state index in [-0.39, 0.29) is 11.3 Å². The molecule has 3 rings (SSSR count). The standard InChI is InChI=1S/C13H9N3O4S/c17-6-8-5-9(1-2-11(8)16(18)19)20-13-12-10(3-4-21-12)14-7-15-13/h1-5,7,17H,6H2. The Kier molecular flexibility index (Phi) is 3.46. The van der Waals surface area contributed by atoms with Gasteiger partial charge in [0.15, 0.2) is 0 Å². The van der Waals surface area contributed by atoms with Crippen LogP contribution in [0.4, 0.5) is 5.69 Å². The van der Waals surface area contributed by atoms with E-state index in [2.05, 4.69) is 9.97 Å². The van der Waals surface area contributed by atoms with Crippen molar-refractivity contribution in [1.29, 1.82) is 0 Å². The molecule has 2 aromatic heterocycles. The molecule has 8 heteroatoms. The first-order valence-corrected chi connectivity index (χ1v) is 6.81. The molecular formula is C13H9N3O4S. The number of thiophene rings is 1. The number of benzene rings is 1. The summed E-state index contributed by atoms with van der Waals surface area (Å²) in [6, 6.07) is 6.05. The highest BCUT2D eigenvalue weighted by Gasteiger charge is 2.15. The molecule has 21 heavy (non-hydrogen) atoms. The van der Waals surface area contributed by atoms with Crippen LogP contribution in [-0.2, 0) is 6.61 Å². The van der Waals surface area contributed by atoms with Gasteiger partial charge in [-0.05, 0) is 23.6 Å². The van der Waals surface area contributed by atoms with Crippen LogP contribution in [0.2, 0.25) is 0 Å². The van der Waals surface area contributed by atoms with Gasteiger partial charge in [-0.3, -0.25) is 10.1 Å². The van der Waals surface area contributed by atoms with Crippen molar-refractivity contribution in [2.45, 2.75) is 6.61 Å². The average Bonchev–Trinajstić information content (AvgIpc) is 2.96. The quantitative estimate of drug-likeness (QED) is 0.587. The number of nitrogens with zero attached hydrogens (tertiary/aromatic N) is 3. The normalized spacial score (nSPS) is 10.7. The second kappa shape index (κ2) is 5.43. The van der Waals surface area contributed by atoms with E-state index in [0.717, 1.165) is 10.2 Å². The van der Waals surface area contributed by atoms with Crippen molar-refractivity contribution in [3.05, 3.63) is 51.7 Å². The molecule has 7 nitrogen and oxygen atoms in total. The molecule has 0 unspecified atom stereocenters. The predicted molar refractivity (Wildman–Crippen MR) is 76.5 cm³/mol. The van der Waals surface area contributed by atoms with Gasteiger partial charge in [0.2, 0.25) is 5.88 Å². The van der Waals surface area contributed by atoms with E-state index in [1.807, 2.05) is 11.4 Å². The monoisotopic (exact) mass is 303 g/mol. The molecule has 3 aromatic rings. The minimum absolute atomic E-state index is 0.145. The minimum atomic E-state index is -0.544. The molecule has 0 saturated carbocycles. The van der Waals surface area contributed by atoms with Crippen molar-refractivity contribution in [2.75, 3.05) is 0 Å². The highest BCUT2D eigenvalue weighted by atomic mass is 32.1. The largest absolute Gasteiger partial charge is 0.437 e. The summed E-state index contributed by atoms with van der Waals surface area (Å²) in [6.45, 7) is -0.439. The van der Waals surface area contributed by atoms with Gasteiger partial charge in [-0.25, -0.2) is 9.97 Å². The molecule has 2 heterocycles.